The molecule has 2 aromatic rings. The number of hydrogen-bond acceptors (Lipinski definition) is 1. The molecule has 2 rings (SSSR count). The van der Waals surface area contributed by atoms with Gasteiger partial charge in [-0.1, -0.05) is 53.5 Å². The van der Waals surface area contributed by atoms with Gasteiger partial charge in [0.15, 0.2) is 0 Å². The molecule has 0 fully saturated rings. The summed E-state index contributed by atoms with van der Waals surface area (Å²) >= 11 is 12.2. The Labute approximate surface area is 111 Å². The maximum absolute atomic E-state index is 6.39. The molecule has 0 spiro atoms. The second-order valence-corrected chi connectivity index (χ2v) is 5.04. The van der Waals surface area contributed by atoms with E-state index in [2.05, 4.69) is 0 Å². The van der Waals surface area contributed by atoms with Crippen LogP contribution in [0.5, 0.6) is 0 Å². The highest BCUT2D eigenvalue weighted by molar-refractivity contribution is 6.31. The molecule has 0 saturated heterocycles. The van der Waals surface area contributed by atoms with Gasteiger partial charge in [-0.2, -0.15) is 0 Å². The van der Waals surface area contributed by atoms with Crippen molar-refractivity contribution >= 4 is 23.2 Å². The summed E-state index contributed by atoms with van der Waals surface area (Å²) in [6.45, 7) is 1.93. The average Bonchev–Trinajstić information content (AvgIpc) is 2.29. The molecule has 1 unspecified atom stereocenters. The fourth-order valence-electron chi connectivity index (χ4n) is 1.85. The molecule has 2 N–H and O–H groups in total. The number of nitrogens with two attached hydrogens (primary N) is 1. The van der Waals surface area contributed by atoms with E-state index >= 15 is 0 Å². The van der Waals surface area contributed by atoms with E-state index in [-0.39, 0.29) is 0 Å². The molecule has 0 radical (unpaired) electrons. The molecule has 1 nitrogen and oxygen atoms in total. The summed E-state index contributed by atoms with van der Waals surface area (Å²) in [5.41, 5.74) is 7.57. The Bertz CT molecular complexity index is 535. The van der Waals surface area contributed by atoms with E-state index in [1.807, 2.05) is 55.5 Å². The Hall–Kier alpha value is -1.02. The van der Waals surface area contributed by atoms with E-state index in [0.717, 1.165) is 11.1 Å². The zero-order valence-corrected chi connectivity index (χ0v) is 11.0. The maximum atomic E-state index is 6.39. The molecule has 0 aliphatic heterocycles. The van der Waals surface area contributed by atoms with Gasteiger partial charge in [0.2, 0.25) is 0 Å². The van der Waals surface area contributed by atoms with E-state index in [4.69, 9.17) is 28.9 Å². The second-order valence-electron chi connectivity index (χ2n) is 4.19. The predicted octanol–water partition coefficient (Wildman–Crippen LogP) is 4.22. The van der Waals surface area contributed by atoms with Crippen molar-refractivity contribution in [2.75, 3.05) is 0 Å². The third-order valence-electron chi connectivity index (χ3n) is 2.86. The van der Waals surface area contributed by atoms with Crippen molar-refractivity contribution in [2.24, 2.45) is 5.73 Å². The fraction of sp³-hybridized carbons (Fsp3) is 0.143. The number of halogens is 2. The van der Waals surface area contributed by atoms with E-state index in [1.54, 1.807) is 0 Å². The summed E-state index contributed by atoms with van der Waals surface area (Å²) in [7, 11) is 0. The Kier molecular flexibility index (Phi) is 3.43. The van der Waals surface area contributed by atoms with Gasteiger partial charge in [0.25, 0.3) is 0 Å². The quantitative estimate of drug-likeness (QED) is 0.865. The zero-order chi connectivity index (χ0) is 12.5. The highest BCUT2D eigenvalue weighted by Crippen LogP contribution is 2.32. The first-order valence-electron chi connectivity index (χ1n) is 5.32. The van der Waals surface area contributed by atoms with Crippen molar-refractivity contribution in [1.82, 2.24) is 0 Å². The summed E-state index contributed by atoms with van der Waals surface area (Å²) in [4.78, 5) is 0. The van der Waals surface area contributed by atoms with Crippen LogP contribution >= 0.6 is 23.2 Å². The Balaban J connectivity index is 2.53. The van der Waals surface area contributed by atoms with E-state index < -0.39 is 5.54 Å². The van der Waals surface area contributed by atoms with Gasteiger partial charge in [0, 0.05) is 10.0 Å². The summed E-state index contributed by atoms with van der Waals surface area (Å²) in [5, 5.41) is 1.34. The molecule has 2 aromatic carbocycles. The third-order valence-corrected chi connectivity index (χ3v) is 3.42. The lowest BCUT2D eigenvalue weighted by Gasteiger charge is -2.27. The molecule has 0 bridgehead atoms. The smallest absolute Gasteiger partial charge is 0.0652 e. The van der Waals surface area contributed by atoms with E-state index in [1.165, 1.54) is 0 Å². The van der Waals surface area contributed by atoms with Gasteiger partial charge in [-0.3, -0.25) is 0 Å². The van der Waals surface area contributed by atoms with Crippen LogP contribution in [0.15, 0.2) is 48.5 Å². The number of benzene rings is 2. The number of hydrogen-bond donors (Lipinski definition) is 1. The number of rotatable bonds is 2. The lowest BCUT2D eigenvalue weighted by Crippen LogP contribution is -2.34. The first-order valence-corrected chi connectivity index (χ1v) is 6.07. The van der Waals surface area contributed by atoms with E-state index in [0.29, 0.717) is 10.0 Å². The molecule has 1 atom stereocenters. The predicted molar refractivity (Wildman–Crippen MR) is 73.5 cm³/mol. The maximum Gasteiger partial charge on any atom is 0.0652 e. The molecular weight excluding hydrogens is 253 g/mol. The van der Waals surface area contributed by atoms with Crippen molar-refractivity contribution < 1.29 is 0 Å². The second kappa shape index (κ2) is 4.69. The topological polar surface area (TPSA) is 26.0 Å². The fourth-order valence-corrected chi connectivity index (χ4v) is 2.37. The normalized spacial score (nSPS) is 14.4. The zero-order valence-electron chi connectivity index (χ0n) is 9.45. The Morgan fingerprint density at radius 3 is 2.35 bits per heavy atom. The first-order chi connectivity index (χ1) is 8.01. The van der Waals surface area contributed by atoms with Gasteiger partial charge in [-0.15, -0.1) is 0 Å². The summed E-state index contributed by atoms with van der Waals surface area (Å²) in [6, 6.07) is 15.1. The van der Waals surface area contributed by atoms with Crippen molar-refractivity contribution in [3.8, 4) is 0 Å². The largest absolute Gasteiger partial charge is 0.318 e. The minimum atomic E-state index is -0.650. The molecule has 0 aromatic heterocycles. The van der Waals surface area contributed by atoms with Crippen molar-refractivity contribution in [3.63, 3.8) is 0 Å². The van der Waals surface area contributed by atoms with E-state index in [9.17, 15) is 0 Å². The van der Waals surface area contributed by atoms with Crippen LogP contribution < -0.4 is 5.73 Å². The minimum absolute atomic E-state index is 0.650. The molecule has 0 aliphatic carbocycles. The monoisotopic (exact) mass is 265 g/mol. The summed E-state index contributed by atoms with van der Waals surface area (Å²) in [6.07, 6.45) is 0. The molecule has 0 amide bonds. The lowest BCUT2D eigenvalue weighted by atomic mass is 9.86. The van der Waals surface area contributed by atoms with Gasteiger partial charge >= 0.3 is 0 Å². The van der Waals surface area contributed by atoms with Crippen molar-refractivity contribution in [3.05, 3.63) is 69.7 Å². The third kappa shape index (κ3) is 2.47. The van der Waals surface area contributed by atoms with Crippen LogP contribution in [0.1, 0.15) is 18.1 Å². The molecule has 0 saturated carbocycles. The highest BCUT2D eigenvalue weighted by Gasteiger charge is 2.25. The molecule has 0 aliphatic rings. The van der Waals surface area contributed by atoms with Crippen LogP contribution in [0.25, 0.3) is 0 Å². The van der Waals surface area contributed by atoms with Gasteiger partial charge in [-0.05, 0) is 36.2 Å². The van der Waals surface area contributed by atoms with Crippen molar-refractivity contribution in [1.29, 1.82) is 0 Å². The molecule has 88 valence electrons. The summed E-state index contributed by atoms with van der Waals surface area (Å²) < 4.78 is 0. The SMILES string of the molecule is CC(N)(c1cccc(Cl)c1)c1ccccc1Cl. The minimum Gasteiger partial charge on any atom is -0.318 e. The molecule has 3 heteroatoms. The van der Waals surface area contributed by atoms with Crippen molar-refractivity contribution in [2.45, 2.75) is 12.5 Å². The van der Waals surface area contributed by atoms with Crippen LogP contribution in [0.3, 0.4) is 0 Å². The average molecular weight is 266 g/mol. The van der Waals surface area contributed by atoms with Gasteiger partial charge in [-0.25, -0.2) is 0 Å². The van der Waals surface area contributed by atoms with Gasteiger partial charge in [0.1, 0.15) is 0 Å². The highest BCUT2D eigenvalue weighted by atomic mass is 35.5. The Morgan fingerprint density at radius 1 is 1.00 bits per heavy atom. The Morgan fingerprint density at radius 2 is 1.71 bits per heavy atom. The van der Waals surface area contributed by atoms with Crippen LogP contribution in [-0.4, -0.2) is 0 Å². The van der Waals surface area contributed by atoms with Crippen LogP contribution in [0, 0.1) is 0 Å². The molecule has 17 heavy (non-hydrogen) atoms. The lowest BCUT2D eigenvalue weighted by molar-refractivity contribution is 0.603. The van der Waals surface area contributed by atoms with Gasteiger partial charge in [0.05, 0.1) is 5.54 Å². The summed E-state index contributed by atoms with van der Waals surface area (Å²) in [5.74, 6) is 0. The standard InChI is InChI=1S/C14H13Cl2N/c1-14(17,10-5-4-6-11(15)9-10)12-7-2-3-8-13(12)16/h2-9H,17H2,1H3. The molecule has 0 heterocycles. The van der Waals surface area contributed by atoms with Crippen LogP contribution in [0.2, 0.25) is 10.0 Å². The van der Waals surface area contributed by atoms with Crippen LogP contribution in [-0.2, 0) is 5.54 Å². The van der Waals surface area contributed by atoms with Gasteiger partial charge < -0.3 is 5.73 Å². The molecular formula is C14H13Cl2N. The first kappa shape index (κ1) is 12.4. The van der Waals surface area contributed by atoms with Crippen LogP contribution in [0.4, 0.5) is 0 Å².